The van der Waals surface area contributed by atoms with Crippen LogP contribution in [-0.2, 0) is 0 Å². The molecule has 0 fully saturated rings. The van der Waals surface area contributed by atoms with Crippen LogP contribution in [0.25, 0.3) is 11.0 Å². The number of aromatic nitrogens is 2. The molecule has 1 N–H and O–H groups in total. The molecule has 0 unspecified atom stereocenters. The van der Waals surface area contributed by atoms with Gasteiger partial charge in [-0.25, -0.2) is 4.98 Å². The van der Waals surface area contributed by atoms with Crippen LogP contribution in [0.3, 0.4) is 0 Å². The normalized spacial score (nSPS) is 9.27. The minimum atomic E-state index is 0.599. The van der Waals surface area contributed by atoms with E-state index in [1.165, 1.54) is 0 Å². The summed E-state index contributed by atoms with van der Waals surface area (Å²) in [5, 5.41) is 0.786. The van der Waals surface area contributed by atoms with E-state index in [-0.39, 0.29) is 0 Å². The average molecular weight is 206 g/mol. The van der Waals surface area contributed by atoms with Crippen LogP contribution in [0.5, 0.6) is 5.75 Å². The lowest BCUT2D eigenvalue weighted by atomic mass is 10.2. The fraction of sp³-hybridized carbons (Fsp3) is 0.273. The van der Waals surface area contributed by atoms with Crippen molar-refractivity contribution in [1.29, 1.82) is 0 Å². The summed E-state index contributed by atoms with van der Waals surface area (Å²) in [4.78, 5) is 17.6. The molecule has 0 saturated carbocycles. The Morgan fingerprint density at radius 3 is 2.80 bits per heavy atom. The third-order valence-electron chi connectivity index (χ3n) is 1.90. The number of aromatic amines is 1. The summed E-state index contributed by atoms with van der Waals surface area (Å²) >= 11 is 0. The van der Waals surface area contributed by atoms with Gasteiger partial charge in [-0.2, -0.15) is 0 Å². The Labute approximate surface area is 88.3 Å². The molecule has 80 valence electrons. The standard InChI is InChI=1S/C9H8N2O2.C2H6/c1-13-7-2-8-6(5-12)3-10-9(8)11-4-7;1-2/h2-5H,1H3,(H,10,11);1-2H3. The minimum Gasteiger partial charge on any atom is -0.495 e. The Hall–Kier alpha value is -1.84. The van der Waals surface area contributed by atoms with Crippen LogP contribution in [0.2, 0.25) is 0 Å². The number of nitrogens with one attached hydrogen (secondary N) is 1. The van der Waals surface area contributed by atoms with Crippen LogP contribution in [0.4, 0.5) is 0 Å². The van der Waals surface area contributed by atoms with E-state index in [0.29, 0.717) is 17.0 Å². The van der Waals surface area contributed by atoms with Gasteiger partial charge in [-0.05, 0) is 6.07 Å². The zero-order chi connectivity index (χ0) is 11.3. The van der Waals surface area contributed by atoms with Crippen molar-refractivity contribution < 1.29 is 9.53 Å². The molecule has 0 atom stereocenters. The van der Waals surface area contributed by atoms with Gasteiger partial charge in [0, 0.05) is 17.1 Å². The second kappa shape index (κ2) is 5.14. The predicted molar refractivity (Wildman–Crippen MR) is 59.4 cm³/mol. The quantitative estimate of drug-likeness (QED) is 0.767. The topological polar surface area (TPSA) is 55.0 Å². The van der Waals surface area contributed by atoms with Gasteiger partial charge < -0.3 is 9.72 Å². The molecule has 0 spiro atoms. The van der Waals surface area contributed by atoms with Crippen LogP contribution in [-0.4, -0.2) is 23.4 Å². The van der Waals surface area contributed by atoms with Crippen LogP contribution >= 0.6 is 0 Å². The minimum absolute atomic E-state index is 0.599. The SMILES string of the molecule is CC.COc1cnc2[nH]cc(C=O)c2c1. The molecular weight excluding hydrogens is 192 g/mol. The van der Waals surface area contributed by atoms with Gasteiger partial charge in [0.1, 0.15) is 11.4 Å². The number of carbonyl (C=O) groups is 1. The zero-order valence-electron chi connectivity index (χ0n) is 9.07. The predicted octanol–water partition coefficient (Wildman–Crippen LogP) is 2.41. The Morgan fingerprint density at radius 1 is 1.47 bits per heavy atom. The number of methoxy groups -OCH3 is 1. The first-order valence-electron chi connectivity index (χ1n) is 4.81. The van der Waals surface area contributed by atoms with Gasteiger partial charge in [-0.3, -0.25) is 4.79 Å². The summed E-state index contributed by atoms with van der Waals surface area (Å²) in [5.41, 5.74) is 1.30. The van der Waals surface area contributed by atoms with Crippen LogP contribution < -0.4 is 4.74 Å². The lowest BCUT2D eigenvalue weighted by molar-refractivity contribution is 0.112. The third kappa shape index (κ3) is 2.15. The van der Waals surface area contributed by atoms with Crippen molar-refractivity contribution in [2.24, 2.45) is 0 Å². The van der Waals surface area contributed by atoms with Crippen molar-refractivity contribution in [1.82, 2.24) is 9.97 Å². The van der Waals surface area contributed by atoms with E-state index in [4.69, 9.17) is 4.74 Å². The number of ether oxygens (including phenoxy) is 1. The maximum absolute atomic E-state index is 10.6. The second-order valence-electron chi connectivity index (χ2n) is 2.63. The highest BCUT2D eigenvalue weighted by molar-refractivity contribution is 5.96. The lowest BCUT2D eigenvalue weighted by Gasteiger charge is -1.97. The number of hydrogen-bond donors (Lipinski definition) is 1. The fourth-order valence-electron chi connectivity index (χ4n) is 1.21. The molecule has 0 radical (unpaired) electrons. The van der Waals surface area contributed by atoms with Crippen LogP contribution in [0.1, 0.15) is 24.2 Å². The Morgan fingerprint density at radius 2 is 2.20 bits per heavy atom. The van der Waals surface area contributed by atoms with Gasteiger partial charge in [0.2, 0.25) is 0 Å². The molecule has 2 aromatic rings. The summed E-state index contributed by atoms with van der Waals surface area (Å²) in [6, 6.07) is 1.78. The first-order chi connectivity index (χ1) is 7.35. The highest BCUT2D eigenvalue weighted by atomic mass is 16.5. The van der Waals surface area contributed by atoms with Crippen molar-refractivity contribution in [3.8, 4) is 5.75 Å². The molecule has 0 saturated heterocycles. The molecule has 4 heteroatoms. The molecular formula is C11H14N2O2. The van der Waals surface area contributed by atoms with Crippen molar-refractivity contribution in [3.05, 3.63) is 24.0 Å². The van der Waals surface area contributed by atoms with E-state index in [2.05, 4.69) is 9.97 Å². The number of rotatable bonds is 2. The average Bonchev–Trinajstić information content (AvgIpc) is 2.73. The molecule has 0 aliphatic heterocycles. The van der Waals surface area contributed by atoms with E-state index < -0.39 is 0 Å². The molecule has 0 bridgehead atoms. The monoisotopic (exact) mass is 206 g/mol. The maximum atomic E-state index is 10.6. The number of nitrogens with zero attached hydrogens (tertiary/aromatic N) is 1. The number of hydrogen-bond acceptors (Lipinski definition) is 3. The Kier molecular flexibility index (Phi) is 3.85. The van der Waals surface area contributed by atoms with Crippen LogP contribution in [0, 0.1) is 0 Å². The van der Waals surface area contributed by atoms with Gasteiger partial charge >= 0.3 is 0 Å². The Balaban J connectivity index is 0.000000531. The zero-order valence-corrected chi connectivity index (χ0v) is 9.07. The summed E-state index contributed by atoms with van der Waals surface area (Å²) in [6.45, 7) is 4.00. The molecule has 2 heterocycles. The first kappa shape index (κ1) is 11.2. The summed E-state index contributed by atoms with van der Waals surface area (Å²) in [5.74, 6) is 0.648. The molecule has 2 rings (SSSR count). The fourth-order valence-corrected chi connectivity index (χ4v) is 1.21. The molecule has 2 aromatic heterocycles. The maximum Gasteiger partial charge on any atom is 0.152 e. The van der Waals surface area contributed by atoms with Gasteiger partial charge in [-0.15, -0.1) is 0 Å². The third-order valence-corrected chi connectivity index (χ3v) is 1.90. The van der Waals surface area contributed by atoms with Gasteiger partial charge in [0.25, 0.3) is 0 Å². The van der Waals surface area contributed by atoms with Gasteiger partial charge in [0.05, 0.1) is 13.3 Å². The lowest BCUT2D eigenvalue weighted by Crippen LogP contribution is -1.85. The molecule has 0 aliphatic carbocycles. The summed E-state index contributed by atoms with van der Waals surface area (Å²) < 4.78 is 5.00. The molecule has 0 aliphatic rings. The van der Waals surface area contributed by atoms with E-state index in [1.54, 1.807) is 25.6 Å². The smallest absolute Gasteiger partial charge is 0.152 e. The largest absolute Gasteiger partial charge is 0.495 e. The van der Waals surface area contributed by atoms with Crippen molar-refractivity contribution >= 4 is 17.3 Å². The summed E-state index contributed by atoms with van der Waals surface area (Å²) in [7, 11) is 1.57. The number of aldehydes is 1. The molecule has 15 heavy (non-hydrogen) atoms. The van der Waals surface area contributed by atoms with Gasteiger partial charge in [0.15, 0.2) is 6.29 Å². The highest BCUT2D eigenvalue weighted by Crippen LogP contribution is 2.19. The van der Waals surface area contributed by atoms with E-state index in [1.807, 2.05) is 13.8 Å². The number of pyridine rings is 1. The Bertz CT molecular complexity index is 449. The van der Waals surface area contributed by atoms with Crippen molar-refractivity contribution in [2.45, 2.75) is 13.8 Å². The summed E-state index contributed by atoms with van der Waals surface area (Å²) in [6.07, 6.45) is 4.03. The number of fused-ring (bicyclic) bond motifs is 1. The van der Waals surface area contributed by atoms with E-state index in [0.717, 1.165) is 11.7 Å². The van der Waals surface area contributed by atoms with Crippen molar-refractivity contribution in [2.75, 3.05) is 7.11 Å². The van der Waals surface area contributed by atoms with Crippen LogP contribution in [0.15, 0.2) is 18.5 Å². The van der Waals surface area contributed by atoms with Crippen molar-refractivity contribution in [3.63, 3.8) is 0 Å². The van der Waals surface area contributed by atoms with E-state index in [9.17, 15) is 4.79 Å². The van der Waals surface area contributed by atoms with E-state index >= 15 is 0 Å². The number of carbonyl (C=O) groups excluding carboxylic acids is 1. The highest BCUT2D eigenvalue weighted by Gasteiger charge is 2.04. The molecule has 4 nitrogen and oxygen atoms in total. The molecule has 0 amide bonds. The number of H-pyrrole nitrogens is 1. The van der Waals surface area contributed by atoms with Gasteiger partial charge in [-0.1, -0.05) is 13.8 Å². The first-order valence-corrected chi connectivity index (χ1v) is 4.81. The molecule has 0 aromatic carbocycles. The second-order valence-corrected chi connectivity index (χ2v) is 2.63.